The van der Waals surface area contributed by atoms with Crippen LogP contribution in [0.2, 0.25) is 0 Å². The molecule has 0 rings (SSSR count). The number of rotatable bonds is 4. The van der Waals surface area contributed by atoms with Gasteiger partial charge in [0.05, 0.1) is 13.5 Å². The highest BCUT2D eigenvalue weighted by Crippen LogP contribution is 1.98. The van der Waals surface area contributed by atoms with E-state index in [4.69, 9.17) is 0 Å². The van der Waals surface area contributed by atoms with Gasteiger partial charge in [-0.3, -0.25) is 9.59 Å². The highest BCUT2D eigenvalue weighted by Gasteiger charge is 1.96. The van der Waals surface area contributed by atoms with Crippen LogP contribution in [0.4, 0.5) is 0 Å². The van der Waals surface area contributed by atoms with Crippen molar-refractivity contribution in [2.24, 2.45) is 0 Å². The maximum absolute atomic E-state index is 10.6. The number of ether oxygens (including phenoxy) is 1. The van der Waals surface area contributed by atoms with Crippen molar-refractivity contribution in [3.8, 4) is 0 Å². The van der Waals surface area contributed by atoms with E-state index in [1.807, 2.05) is 6.92 Å². The zero-order valence-electron chi connectivity index (χ0n) is 6.79. The molecule has 0 radical (unpaired) electrons. The van der Waals surface area contributed by atoms with Crippen molar-refractivity contribution in [1.29, 1.82) is 0 Å². The van der Waals surface area contributed by atoms with E-state index in [0.717, 1.165) is 6.29 Å². The molecule has 0 N–H and O–H groups in total. The van der Waals surface area contributed by atoms with Crippen LogP contribution in [0.1, 0.15) is 19.8 Å². The standard InChI is InChI=1S/C8H12O3/c1-3-7(6-9)4-5-8(10)11-2/h4,6H,3,5H2,1-2H3/b7-4-. The molecule has 3 nitrogen and oxygen atoms in total. The fourth-order valence-electron chi connectivity index (χ4n) is 0.574. The Morgan fingerprint density at radius 3 is 2.55 bits per heavy atom. The smallest absolute Gasteiger partial charge is 0.309 e. The Balaban J connectivity index is 3.88. The summed E-state index contributed by atoms with van der Waals surface area (Å²) in [5, 5.41) is 0. The van der Waals surface area contributed by atoms with Crippen LogP contribution in [0.25, 0.3) is 0 Å². The molecule has 0 spiro atoms. The first-order chi connectivity index (χ1) is 5.24. The first-order valence-electron chi connectivity index (χ1n) is 3.45. The summed E-state index contributed by atoms with van der Waals surface area (Å²) < 4.78 is 4.39. The molecule has 0 aliphatic rings. The number of methoxy groups -OCH3 is 1. The molecule has 3 heteroatoms. The van der Waals surface area contributed by atoms with E-state index in [2.05, 4.69) is 4.74 Å². The lowest BCUT2D eigenvalue weighted by atomic mass is 10.2. The molecular weight excluding hydrogens is 144 g/mol. The summed E-state index contributed by atoms with van der Waals surface area (Å²) in [4.78, 5) is 20.8. The minimum atomic E-state index is -0.321. The first kappa shape index (κ1) is 9.88. The van der Waals surface area contributed by atoms with E-state index in [9.17, 15) is 9.59 Å². The van der Waals surface area contributed by atoms with Crippen LogP contribution in [0, 0.1) is 0 Å². The highest BCUT2D eigenvalue weighted by molar-refractivity contribution is 5.77. The van der Waals surface area contributed by atoms with E-state index in [-0.39, 0.29) is 12.4 Å². The Hall–Kier alpha value is -1.12. The van der Waals surface area contributed by atoms with Gasteiger partial charge >= 0.3 is 5.97 Å². The SMILES string of the molecule is CC/C(C=O)=C/CC(=O)OC. The molecule has 0 saturated heterocycles. The van der Waals surface area contributed by atoms with Crippen molar-refractivity contribution in [3.63, 3.8) is 0 Å². The van der Waals surface area contributed by atoms with E-state index >= 15 is 0 Å². The molecule has 0 aromatic rings. The van der Waals surface area contributed by atoms with Crippen LogP contribution in [0.5, 0.6) is 0 Å². The topological polar surface area (TPSA) is 43.4 Å². The van der Waals surface area contributed by atoms with Crippen LogP contribution < -0.4 is 0 Å². The van der Waals surface area contributed by atoms with Crippen LogP contribution in [0.15, 0.2) is 11.6 Å². The third-order valence-electron chi connectivity index (χ3n) is 1.32. The number of hydrogen-bond acceptors (Lipinski definition) is 3. The van der Waals surface area contributed by atoms with E-state index in [1.54, 1.807) is 6.08 Å². The fraction of sp³-hybridized carbons (Fsp3) is 0.500. The molecule has 0 heterocycles. The second kappa shape index (κ2) is 5.65. The number of esters is 1. The second-order valence-corrected chi connectivity index (χ2v) is 2.03. The molecular formula is C8H12O3. The third kappa shape index (κ3) is 4.31. The minimum absolute atomic E-state index is 0.179. The van der Waals surface area contributed by atoms with Crippen molar-refractivity contribution in [1.82, 2.24) is 0 Å². The van der Waals surface area contributed by atoms with E-state index in [0.29, 0.717) is 12.0 Å². The van der Waals surface area contributed by atoms with Crippen molar-refractivity contribution in [2.45, 2.75) is 19.8 Å². The molecule has 0 unspecified atom stereocenters. The number of carbonyl (C=O) groups is 2. The van der Waals surface area contributed by atoms with E-state index in [1.165, 1.54) is 7.11 Å². The zero-order chi connectivity index (χ0) is 8.69. The summed E-state index contributed by atoms with van der Waals surface area (Å²) in [5.74, 6) is -0.321. The summed E-state index contributed by atoms with van der Waals surface area (Å²) >= 11 is 0. The van der Waals surface area contributed by atoms with Gasteiger partial charge in [0, 0.05) is 0 Å². The van der Waals surface area contributed by atoms with Gasteiger partial charge in [0.2, 0.25) is 0 Å². The van der Waals surface area contributed by atoms with Crippen molar-refractivity contribution >= 4 is 12.3 Å². The summed E-state index contributed by atoms with van der Waals surface area (Å²) in [6, 6.07) is 0. The van der Waals surface area contributed by atoms with Gasteiger partial charge in [-0.05, 0) is 12.0 Å². The molecule has 0 bridgehead atoms. The molecule has 0 amide bonds. The van der Waals surface area contributed by atoms with Gasteiger partial charge in [-0.1, -0.05) is 13.0 Å². The van der Waals surface area contributed by atoms with Gasteiger partial charge in [0.15, 0.2) is 0 Å². The van der Waals surface area contributed by atoms with Crippen LogP contribution in [-0.2, 0) is 14.3 Å². The Morgan fingerprint density at radius 1 is 1.55 bits per heavy atom. The quantitative estimate of drug-likeness (QED) is 0.347. The summed E-state index contributed by atoms with van der Waals surface area (Å²) in [5.41, 5.74) is 0.635. The second-order valence-electron chi connectivity index (χ2n) is 2.03. The summed E-state index contributed by atoms with van der Waals surface area (Å²) in [6.45, 7) is 1.86. The van der Waals surface area contributed by atoms with Gasteiger partial charge in [-0.15, -0.1) is 0 Å². The predicted molar refractivity (Wildman–Crippen MR) is 41.1 cm³/mol. The molecule has 0 aromatic heterocycles. The Morgan fingerprint density at radius 2 is 2.18 bits per heavy atom. The fourth-order valence-corrected chi connectivity index (χ4v) is 0.574. The normalized spacial score (nSPS) is 10.9. The average molecular weight is 156 g/mol. The number of aldehydes is 1. The average Bonchev–Trinajstić information content (AvgIpc) is 2.06. The maximum atomic E-state index is 10.6. The minimum Gasteiger partial charge on any atom is -0.469 e. The number of carbonyl (C=O) groups excluding carboxylic acids is 2. The largest absolute Gasteiger partial charge is 0.469 e. The number of allylic oxidation sites excluding steroid dienone is 1. The first-order valence-corrected chi connectivity index (χ1v) is 3.45. The van der Waals surface area contributed by atoms with Gasteiger partial charge < -0.3 is 4.74 Å². The Labute approximate surface area is 66.0 Å². The van der Waals surface area contributed by atoms with Gasteiger partial charge in [0.25, 0.3) is 0 Å². The molecule has 62 valence electrons. The predicted octanol–water partition coefficient (Wildman–Crippen LogP) is 1.08. The molecule has 0 saturated carbocycles. The van der Waals surface area contributed by atoms with Gasteiger partial charge in [-0.2, -0.15) is 0 Å². The summed E-state index contributed by atoms with van der Waals surface area (Å²) in [7, 11) is 1.32. The molecule has 11 heavy (non-hydrogen) atoms. The summed E-state index contributed by atoms with van der Waals surface area (Å²) in [6.07, 6.45) is 3.17. The van der Waals surface area contributed by atoms with Crippen LogP contribution in [0.3, 0.4) is 0 Å². The Kier molecular flexibility index (Phi) is 5.07. The molecule has 0 aliphatic heterocycles. The highest BCUT2D eigenvalue weighted by atomic mass is 16.5. The van der Waals surface area contributed by atoms with Crippen LogP contribution >= 0.6 is 0 Å². The lowest BCUT2D eigenvalue weighted by Crippen LogP contribution is -1.98. The lowest BCUT2D eigenvalue weighted by Gasteiger charge is -1.94. The maximum Gasteiger partial charge on any atom is 0.309 e. The Bertz CT molecular complexity index is 170. The van der Waals surface area contributed by atoms with E-state index < -0.39 is 0 Å². The zero-order valence-corrected chi connectivity index (χ0v) is 6.79. The monoisotopic (exact) mass is 156 g/mol. The van der Waals surface area contributed by atoms with Gasteiger partial charge in [0.1, 0.15) is 6.29 Å². The molecule has 0 fully saturated rings. The van der Waals surface area contributed by atoms with Crippen molar-refractivity contribution < 1.29 is 14.3 Å². The third-order valence-corrected chi connectivity index (χ3v) is 1.32. The van der Waals surface area contributed by atoms with Crippen molar-refractivity contribution in [3.05, 3.63) is 11.6 Å². The van der Waals surface area contributed by atoms with Crippen molar-refractivity contribution in [2.75, 3.05) is 7.11 Å². The molecule has 0 aliphatic carbocycles. The van der Waals surface area contributed by atoms with Gasteiger partial charge in [-0.25, -0.2) is 0 Å². The lowest BCUT2D eigenvalue weighted by molar-refractivity contribution is -0.139. The number of hydrogen-bond donors (Lipinski definition) is 0. The molecule has 0 aromatic carbocycles. The van der Waals surface area contributed by atoms with Crippen LogP contribution in [-0.4, -0.2) is 19.4 Å². The molecule has 0 atom stereocenters.